The summed E-state index contributed by atoms with van der Waals surface area (Å²) in [6.45, 7) is 2.26. The summed E-state index contributed by atoms with van der Waals surface area (Å²) in [4.78, 5) is 46.8. The number of unbranched alkanes of at least 4 members (excludes halogenated alkanes) is 14. The summed E-state index contributed by atoms with van der Waals surface area (Å²) in [5.41, 5.74) is 4.20. The van der Waals surface area contributed by atoms with Gasteiger partial charge in [-0.25, -0.2) is 14.9 Å². The number of carbonyl (C=O) groups excluding carboxylic acids is 3. The summed E-state index contributed by atoms with van der Waals surface area (Å²) >= 11 is 25.9. The van der Waals surface area contributed by atoms with Crippen LogP contribution in [0.5, 0.6) is 0 Å². The summed E-state index contributed by atoms with van der Waals surface area (Å²) < 4.78 is 0. The number of hydrogen-bond donors (Lipinski definition) is 1. The highest BCUT2D eigenvalue weighted by atomic mass is 35.5. The number of benzene rings is 4. The molecule has 1 N–H and O–H groups in total. The van der Waals surface area contributed by atoms with Crippen LogP contribution in [-0.4, -0.2) is 29.6 Å². The fourth-order valence-electron chi connectivity index (χ4n) is 7.64. The Hall–Kier alpha value is -4.28. The first-order valence-corrected chi connectivity index (χ1v) is 22.7. The number of nitrogens with zero attached hydrogens (tertiary/aromatic N) is 5. The van der Waals surface area contributed by atoms with E-state index in [2.05, 4.69) is 22.6 Å². The Bertz CT molecular complexity index is 2220. The molecule has 0 spiro atoms. The second-order valence-electron chi connectivity index (χ2n) is 15.4. The largest absolute Gasteiger partial charge is 0.280 e. The monoisotopic (exact) mass is 888 g/mol. The Morgan fingerprint density at radius 3 is 2.02 bits per heavy atom. The Kier molecular flexibility index (Phi) is 17.0. The third-order valence-corrected chi connectivity index (χ3v) is 12.0. The Morgan fingerprint density at radius 1 is 0.700 bits per heavy atom. The van der Waals surface area contributed by atoms with Crippen LogP contribution in [0.4, 0.5) is 22.7 Å². The first-order valence-electron chi connectivity index (χ1n) is 21.2. The number of rotatable bonds is 21. The van der Waals surface area contributed by atoms with Crippen molar-refractivity contribution >= 4 is 103 Å². The summed E-state index contributed by atoms with van der Waals surface area (Å²) in [5, 5.41) is 12.6. The summed E-state index contributed by atoms with van der Waals surface area (Å²) in [7, 11) is 0. The lowest BCUT2D eigenvalue weighted by atomic mass is 10.0. The van der Waals surface area contributed by atoms with Crippen molar-refractivity contribution in [1.29, 1.82) is 0 Å². The van der Waals surface area contributed by atoms with Crippen LogP contribution >= 0.6 is 46.4 Å². The minimum Gasteiger partial charge on any atom is -0.276 e. The second-order valence-corrected chi connectivity index (χ2v) is 17.1. The second kappa shape index (κ2) is 22.5. The molecule has 2 saturated heterocycles. The zero-order valence-corrected chi connectivity index (χ0v) is 37.0. The van der Waals surface area contributed by atoms with Gasteiger partial charge in [-0.3, -0.25) is 19.8 Å². The molecule has 2 aliphatic heterocycles. The number of hydrogen-bond acceptors (Lipinski definition) is 6. The van der Waals surface area contributed by atoms with Crippen molar-refractivity contribution in [3.05, 3.63) is 105 Å². The topological polar surface area (TPSA) is 107 Å². The number of anilines is 2. The van der Waals surface area contributed by atoms with E-state index in [0.29, 0.717) is 16.4 Å². The van der Waals surface area contributed by atoms with Gasteiger partial charge in [0.15, 0.2) is 5.84 Å². The van der Waals surface area contributed by atoms with Gasteiger partial charge in [0.2, 0.25) is 17.9 Å². The van der Waals surface area contributed by atoms with E-state index in [1.165, 1.54) is 94.1 Å². The number of aliphatic imine (C=N–C) groups is 1. The maximum atomic E-state index is 14.1. The average molecular weight is 891 g/mol. The number of amidine groups is 1. The van der Waals surface area contributed by atoms with Crippen LogP contribution in [0.25, 0.3) is 10.8 Å². The normalized spacial score (nSPS) is 17.8. The Balaban J connectivity index is 1.10. The molecule has 2 unspecified atom stereocenters. The molecule has 0 bridgehead atoms. The highest BCUT2D eigenvalue weighted by Gasteiger charge is 2.42. The fraction of sp³-hybridized carbons (Fsp3) is 0.404. The van der Waals surface area contributed by atoms with E-state index in [0.717, 1.165) is 35.0 Å². The van der Waals surface area contributed by atoms with Crippen molar-refractivity contribution in [1.82, 2.24) is 5.43 Å². The van der Waals surface area contributed by atoms with Crippen molar-refractivity contribution in [2.45, 2.75) is 116 Å². The number of carbonyl (C=O) groups is 3. The molecule has 4 aromatic carbocycles. The Morgan fingerprint density at radius 2 is 1.33 bits per heavy atom. The standard InChI is InChI=1S/C47H52Cl4N6O3/c1-2-3-4-5-6-7-8-9-10-11-12-13-14-15-16-17-22-33-28-42(58)56(46(33)59)35-26-27-37(49)41(31-35)52-45-43(54-53-40-25-20-23-32-21-18-19-24-36(32)40)47(60)57(55-45)44-38(50)29-34(48)30-39(44)51/h17-27,29-31,33,43H,2-16,28H2,1H3,(H,52,55). The molecular formula is C47H52Cl4N6O3. The van der Waals surface area contributed by atoms with Gasteiger partial charge in [-0.05, 0) is 54.6 Å². The zero-order chi connectivity index (χ0) is 42.4. The van der Waals surface area contributed by atoms with Gasteiger partial charge in [0, 0.05) is 16.8 Å². The third kappa shape index (κ3) is 11.8. The number of halogens is 4. The smallest absolute Gasteiger partial charge is 0.276 e. The van der Waals surface area contributed by atoms with Crippen molar-refractivity contribution in [2.75, 3.05) is 9.91 Å². The Labute approximate surface area is 373 Å². The van der Waals surface area contributed by atoms with Crippen LogP contribution in [0, 0.1) is 5.92 Å². The van der Waals surface area contributed by atoms with Crippen molar-refractivity contribution in [3.8, 4) is 0 Å². The van der Waals surface area contributed by atoms with Crippen molar-refractivity contribution in [3.63, 3.8) is 0 Å². The summed E-state index contributed by atoms with van der Waals surface area (Å²) in [5.74, 6) is -1.68. The molecule has 2 heterocycles. The molecule has 2 aliphatic rings. The first kappa shape index (κ1) is 45.3. The van der Waals surface area contributed by atoms with E-state index in [9.17, 15) is 14.4 Å². The number of hydrazine groups is 1. The van der Waals surface area contributed by atoms with E-state index < -0.39 is 17.9 Å². The fourth-order valence-corrected chi connectivity index (χ4v) is 8.79. The van der Waals surface area contributed by atoms with E-state index in [1.807, 2.05) is 48.6 Å². The number of amides is 3. The molecule has 316 valence electrons. The molecule has 2 atom stereocenters. The van der Waals surface area contributed by atoms with Gasteiger partial charge >= 0.3 is 0 Å². The molecule has 2 fully saturated rings. The van der Waals surface area contributed by atoms with Crippen LogP contribution in [0.3, 0.4) is 0 Å². The quantitative estimate of drug-likeness (QED) is 0.0389. The molecule has 13 heteroatoms. The lowest BCUT2D eigenvalue weighted by Gasteiger charge is -2.19. The summed E-state index contributed by atoms with van der Waals surface area (Å²) in [6, 6.07) is 19.7. The molecule has 4 aromatic rings. The van der Waals surface area contributed by atoms with Gasteiger partial charge < -0.3 is 0 Å². The van der Waals surface area contributed by atoms with E-state index in [1.54, 1.807) is 24.3 Å². The molecule has 3 amide bonds. The molecule has 9 nitrogen and oxygen atoms in total. The van der Waals surface area contributed by atoms with E-state index in [-0.39, 0.29) is 50.5 Å². The number of azo groups is 1. The molecular weight excluding hydrogens is 838 g/mol. The van der Waals surface area contributed by atoms with Crippen LogP contribution in [0.2, 0.25) is 20.1 Å². The zero-order valence-electron chi connectivity index (χ0n) is 34.0. The number of fused-ring (bicyclic) bond motifs is 1. The minimum absolute atomic E-state index is 0.0634. The highest BCUT2D eigenvalue weighted by molar-refractivity contribution is 6.43. The van der Waals surface area contributed by atoms with Crippen molar-refractivity contribution < 1.29 is 14.4 Å². The van der Waals surface area contributed by atoms with Crippen LogP contribution in [-0.2, 0) is 14.4 Å². The van der Waals surface area contributed by atoms with Gasteiger partial charge in [0.05, 0.1) is 38.0 Å². The molecule has 0 aromatic heterocycles. The van der Waals surface area contributed by atoms with E-state index >= 15 is 0 Å². The number of nitrogens with one attached hydrogen (secondary N) is 1. The molecule has 6 rings (SSSR count). The molecule has 0 saturated carbocycles. The van der Waals surface area contributed by atoms with Crippen molar-refractivity contribution in [2.24, 2.45) is 21.1 Å². The third-order valence-electron chi connectivity index (χ3n) is 10.9. The SMILES string of the molecule is CCCCCCCCCCCCCCCCC=CC1CC(=O)N(c2ccc(Cl)c(N=C3NN(c4c(Cl)cc(Cl)cc4Cl)C(=O)C3N=Nc3cccc4ccccc34)c2)C1=O. The first-order chi connectivity index (χ1) is 29.2. The van der Waals surface area contributed by atoms with Gasteiger partial charge in [-0.2, -0.15) is 10.2 Å². The minimum atomic E-state index is -1.27. The highest BCUT2D eigenvalue weighted by Crippen LogP contribution is 2.39. The van der Waals surface area contributed by atoms with Gasteiger partial charge in [-0.1, -0.05) is 185 Å². The number of imide groups is 1. The molecule has 0 aliphatic carbocycles. The molecule has 60 heavy (non-hydrogen) atoms. The lowest BCUT2D eigenvalue weighted by Crippen LogP contribution is -2.36. The predicted molar refractivity (Wildman–Crippen MR) is 248 cm³/mol. The lowest BCUT2D eigenvalue weighted by molar-refractivity contribution is -0.122. The van der Waals surface area contributed by atoms with Crippen LogP contribution in [0.1, 0.15) is 110 Å². The molecule has 0 radical (unpaired) electrons. The van der Waals surface area contributed by atoms with Gasteiger partial charge in [0.1, 0.15) is 5.69 Å². The van der Waals surface area contributed by atoms with Gasteiger partial charge in [0.25, 0.3) is 5.91 Å². The van der Waals surface area contributed by atoms with E-state index in [4.69, 9.17) is 51.4 Å². The average Bonchev–Trinajstić information content (AvgIpc) is 3.69. The van der Waals surface area contributed by atoms with Gasteiger partial charge in [-0.15, -0.1) is 0 Å². The predicted octanol–water partition coefficient (Wildman–Crippen LogP) is 14.5. The number of allylic oxidation sites excluding steroid dienone is 1. The maximum Gasteiger partial charge on any atom is 0.280 e. The summed E-state index contributed by atoms with van der Waals surface area (Å²) in [6.07, 6.45) is 23.1. The van der Waals surface area contributed by atoms with Crippen LogP contribution in [0.15, 0.2) is 100 Å². The van der Waals surface area contributed by atoms with Crippen LogP contribution < -0.4 is 15.3 Å². The maximum absolute atomic E-state index is 14.1.